The number of carbonyl (C=O) groups excluding carboxylic acids is 1. The third kappa shape index (κ3) is 3.10. The maximum atomic E-state index is 12.7. The minimum absolute atomic E-state index is 0.0709. The van der Waals surface area contributed by atoms with Crippen molar-refractivity contribution in [3.05, 3.63) is 53.6 Å². The van der Waals surface area contributed by atoms with Gasteiger partial charge in [-0.05, 0) is 30.5 Å². The van der Waals surface area contributed by atoms with Gasteiger partial charge in [-0.2, -0.15) is 0 Å². The molecule has 1 aromatic heterocycles. The summed E-state index contributed by atoms with van der Waals surface area (Å²) in [4.78, 5) is 19.0. The predicted octanol–water partition coefficient (Wildman–Crippen LogP) is 2.96. The van der Waals surface area contributed by atoms with E-state index >= 15 is 0 Å². The molecule has 0 N–H and O–H groups in total. The molecule has 0 radical (unpaired) electrons. The predicted molar refractivity (Wildman–Crippen MR) is 82.1 cm³/mol. The van der Waals surface area contributed by atoms with E-state index in [-0.39, 0.29) is 5.91 Å². The van der Waals surface area contributed by atoms with Crippen LogP contribution < -0.4 is 0 Å². The first-order valence-corrected chi connectivity index (χ1v) is 7.64. The number of aromatic nitrogens is 2. The Labute approximate surface area is 129 Å². The Morgan fingerprint density at radius 1 is 1.38 bits per heavy atom. The second kappa shape index (κ2) is 5.90. The number of carbonyl (C=O) groups is 1. The maximum Gasteiger partial charge on any atom is 0.254 e. The number of benzene rings is 1. The number of rotatable bonds is 5. The first kappa shape index (κ1) is 14.1. The molecule has 5 heteroatoms. The van der Waals surface area contributed by atoms with E-state index in [9.17, 15) is 4.79 Å². The number of hydrogen-bond acceptors (Lipinski definition) is 2. The molecule has 0 saturated heterocycles. The molecule has 1 aliphatic rings. The van der Waals surface area contributed by atoms with Crippen LogP contribution in [0.5, 0.6) is 0 Å². The molecular weight excluding hydrogens is 286 g/mol. The molecule has 3 rings (SSSR count). The van der Waals surface area contributed by atoms with Gasteiger partial charge in [-0.3, -0.25) is 4.79 Å². The number of amides is 1. The monoisotopic (exact) mass is 303 g/mol. The number of nitrogens with zero attached hydrogens (tertiary/aromatic N) is 3. The van der Waals surface area contributed by atoms with Crippen molar-refractivity contribution in [1.29, 1.82) is 0 Å². The number of alkyl halides is 1. The lowest BCUT2D eigenvalue weighted by Crippen LogP contribution is -2.33. The molecule has 1 heterocycles. The van der Waals surface area contributed by atoms with Crippen LogP contribution in [0.1, 0.15) is 34.6 Å². The minimum atomic E-state index is 0.0709. The molecule has 1 aromatic carbocycles. The van der Waals surface area contributed by atoms with Crippen LogP contribution in [-0.4, -0.2) is 26.4 Å². The first-order valence-electron chi connectivity index (χ1n) is 7.11. The van der Waals surface area contributed by atoms with Crippen molar-refractivity contribution >= 4 is 17.5 Å². The molecule has 0 spiro atoms. The van der Waals surface area contributed by atoms with Gasteiger partial charge in [0.2, 0.25) is 0 Å². The lowest BCUT2D eigenvalue weighted by atomic mass is 10.1. The van der Waals surface area contributed by atoms with Crippen LogP contribution in [0, 0.1) is 0 Å². The van der Waals surface area contributed by atoms with E-state index in [0.717, 1.165) is 24.2 Å². The zero-order valence-corrected chi connectivity index (χ0v) is 12.8. The quantitative estimate of drug-likeness (QED) is 0.797. The molecule has 0 unspecified atom stereocenters. The van der Waals surface area contributed by atoms with Gasteiger partial charge in [0, 0.05) is 36.9 Å². The van der Waals surface area contributed by atoms with Gasteiger partial charge in [-0.1, -0.05) is 12.1 Å². The van der Waals surface area contributed by atoms with Crippen molar-refractivity contribution in [1.82, 2.24) is 14.5 Å². The smallest absolute Gasteiger partial charge is 0.254 e. The fraction of sp³-hybridized carbons (Fsp3) is 0.375. The maximum absolute atomic E-state index is 12.7. The fourth-order valence-corrected chi connectivity index (χ4v) is 2.53. The summed E-state index contributed by atoms with van der Waals surface area (Å²) in [6, 6.07) is 7.88. The fourth-order valence-electron chi connectivity index (χ4n) is 2.36. The molecule has 0 atom stereocenters. The average molecular weight is 304 g/mol. The van der Waals surface area contributed by atoms with Crippen molar-refractivity contribution in [2.75, 3.05) is 0 Å². The van der Waals surface area contributed by atoms with Gasteiger partial charge in [0.05, 0.1) is 6.54 Å². The highest BCUT2D eigenvalue weighted by atomic mass is 35.5. The summed E-state index contributed by atoms with van der Waals surface area (Å²) in [5.74, 6) is 1.45. The van der Waals surface area contributed by atoms with Gasteiger partial charge in [0.15, 0.2) is 0 Å². The van der Waals surface area contributed by atoms with Crippen LogP contribution in [-0.2, 0) is 19.5 Å². The summed E-state index contributed by atoms with van der Waals surface area (Å²) in [5, 5.41) is 0. The van der Waals surface area contributed by atoms with Crippen molar-refractivity contribution in [3.63, 3.8) is 0 Å². The highest BCUT2D eigenvalue weighted by molar-refractivity contribution is 6.17. The molecule has 4 nitrogen and oxygen atoms in total. The van der Waals surface area contributed by atoms with Crippen molar-refractivity contribution in [3.8, 4) is 0 Å². The van der Waals surface area contributed by atoms with Gasteiger partial charge in [0.1, 0.15) is 5.82 Å². The van der Waals surface area contributed by atoms with Crippen LogP contribution in [0.3, 0.4) is 0 Å². The van der Waals surface area contributed by atoms with Crippen LogP contribution in [0.25, 0.3) is 0 Å². The average Bonchev–Trinajstić information content (AvgIpc) is 3.28. The summed E-state index contributed by atoms with van der Waals surface area (Å²) in [5.41, 5.74) is 1.74. The van der Waals surface area contributed by atoms with E-state index in [4.69, 9.17) is 11.6 Å². The normalized spacial score (nSPS) is 14.2. The summed E-state index contributed by atoms with van der Waals surface area (Å²) >= 11 is 5.79. The van der Waals surface area contributed by atoms with Crippen molar-refractivity contribution in [2.24, 2.45) is 7.05 Å². The number of aryl methyl sites for hydroxylation is 1. The van der Waals surface area contributed by atoms with E-state index in [1.165, 1.54) is 0 Å². The largest absolute Gasteiger partial charge is 0.337 e. The van der Waals surface area contributed by atoms with Crippen molar-refractivity contribution in [2.45, 2.75) is 31.3 Å². The van der Waals surface area contributed by atoms with Crippen molar-refractivity contribution < 1.29 is 4.79 Å². The van der Waals surface area contributed by atoms with Gasteiger partial charge in [-0.25, -0.2) is 4.98 Å². The van der Waals surface area contributed by atoms with Gasteiger partial charge < -0.3 is 9.47 Å². The second-order valence-corrected chi connectivity index (χ2v) is 5.72. The third-order valence-corrected chi connectivity index (χ3v) is 4.15. The van der Waals surface area contributed by atoms with Gasteiger partial charge in [-0.15, -0.1) is 11.6 Å². The Morgan fingerprint density at radius 3 is 2.62 bits per heavy atom. The standard InChI is InChI=1S/C16H18ClN3O/c1-19-9-8-18-15(19)11-20(14-6-7-14)16(21)13-4-2-12(10-17)3-5-13/h2-5,8-9,14H,6-7,10-11H2,1H3. The molecule has 2 aromatic rings. The Morgan fingerprint density at radius 2 is 2.10 bits per heavy atom. The van der Waals surface area contributed by atoms with E-state index < -0.39 is 0 Å². The lowest BCUT2D eigenvalue weighted by Gasteiger charge is -2.22. The summed E-state index contributed by atoms with van der Waals surface area (Å²) in [7, 11) is 1.95. The molecule has 0 aliphatic heterocycles. The van der Waals surface area contributed by atoms with Crippen LogP contribution in [0.15, 0.2) is 36.7 Å². The SMILES string of the molecule is Cn1ccnc1CN(C(=O)c1ccc(CCl)cc1)C1CC1. The highest BCUT2D eigenvalue weighted by Crippen LogP contribution is 2.29. The molecule has 21 heavy (non-hydrogen) atoms. The highest BCUT2D eigenvalue weighted by Gasteiger charge is 2.33. The molecule has 1 amide bonds. The van der Waals surface area contributed by atoms with Crippen LogP contribution in [0.2, 0.25) is 0 Å². The number of halogens is 1. The zero-order valence-electron chi connectivity index (χ0n) is 12.0. The van der Waals surface area contributed by atoms with E-state index in [1.54, 1.807) is 6.20 Å². The Kier molecular flexibility index (Phi) is 3.97. The van der Waals surface area contributed by atoms with Crippen LogP contribution >= 0.6 is 11.6 Å². The topological polar surface area (TPSA) is 38.1 Å². The van der Waals surface area contributed by atoms with E-state index in [0.29, 0.717) is 24.0 Å². The lowest BCUT2D eigenvalue weighted by molar-refractivity contribution is 0.0724. The Balaban J connectivity index is 1.79. The zero-order chi connectivity index (χ0) is 14.8. The van der Waals surface area contributed by atoms with E-state index in [2.05, 4.69) is 4.98 Å². The molecule has 1 aliphatic carbocycles. The summed E-state index contributed by atoms with van der Waals surface area (Å²) in [6.07, 6.45) is 5.83. The molecule has 1 fully saturated rings. The minimum Gasteiger partial charge on any atom is -0.337 e. The van der Waals surface area contributed by atoms with Crippen LogP contribution in [0.4, 0.5) is 0 Å². The molecule has 110 valence electrons. The summed E-state index contributed by atoms with van der Waals surface area (Å²) < 4.78 is 1.96. The summed E-state index contributed by atoms with van der Waals surface area (Å²) in [6.45, 7) is 0.560. The number of hydrogen-bond donors (Lipinski definition) is 0. The van der Waals surface area contributed by atoms with Gasteiger partial charge in [0.25, 0.3) is 5.91 Å². The Hall–Kier alpha value is -1.81. The Bertz CT molecular complexity index is 631. The molecular formula is C16H18ClN3O. The second-order valence-electron chi connectivity index (χ2n) is 5.45. The van der Waals surface area contributed by atoms with E-state index in [1.807, 2.05) is 47.0 Å². The third-order valence-electron chi connectivity index (χ3n) is 3.84. The molecule has 0 bridgehead atoms. The van der Waals surface area contributed by atoms with Gasteiger partial charge >= 0.3 is 0 Å². The molecule has 1 saturated carbocycles. The number of imidazole rings is 1. The first-order chi connectivity index (χ1) is 10.2.